The summed E-state index contributed by atoms with van der Waals surface area (Å²) in [4.78, 5) is 4.23. The average molecular weight is 272 g/mol. The van der Waals surface area contributed by atoms with Gasteiger partial charge in [-0.3, -0.25) is 4.98 Å². The van der Waals surface area contributed by atoms with Gasteiger partial charge in [-0.2, -0.15) is 0 Å². The van der Waals surface area contributed by atoms with Gasteiger partial charge in [-0.1, -0.05) is 22.9 Å². The van der Waals surface area contributed by atoms with Gasteiger partial charge in [0.2, 0.25) is 0 Å². The lowest BCUT2D eigenvalue weighted by molar-refractivity contribution is 0.804. The second kappa shape index (κ2) is 4.70. The number of nitrogens with two attached hydrogens (primary N) is 1. The van der Waals surface area contributed by atoms with Gasteiger partial charge in [-0.25, -0.2) is 4.68 Å². The number of anilines is 1. The summed E-state index contributed by atoms with van der Waals surface area (Å²) in [7, 11) is 0. The zero-order chi connectivity index (χ0) is 13.2. The minimum absolute atomic E-state index is 0.508. The number of nitrogens with zero attached hydrogens (tertiary/aromatic N) is 4. The molecule has 5 nitrogen and oxygen atoms in total. The van der Waals surface area contributed by atoms with Gasteiger partial charge in [0.15, 0.2) is 0 Å². The molecule has 0 bridgehead atoms. The summed E-state index contributed by atoms with van der Waals surface area (Å²) in [5, 5.41) is 8.68. The summed E-state index contributed by atoms with van der Waals surface area (Å²) in [6.45, 7) is 0. The Balaban J connectivity index is 1.99. The molecule has 0 spiro atoms. The first-order valence-corrected chi connectivity index (χ1v) is 6.01. The van der Waals surface area contributed by atoms with E-state index in [4.69, 9.17) is 17.3 Å². The van der Waals surface area contributed by atoms with E-state index in [1.165, 1.54) is 0 Å². The zero-order valence-corrected chi connectivity index (χ0v) is 10.6. The molecule has 0 fully saturated rings. The van der Waals surface area contributed by atoms with Gasteiger partial charge < -0.3 is 5.73 Å². The van der Waals surface area contributed by atoms with Crippen molar-refractivity contribution >= 4 is 17.3 Å². The van der Waals surface area contributed by atoms with Gasteiger partial charge in [-0.15, -0.1) is 5.10 Å². The maximum Gasteiger partial charge on any atom is 0.131 e. The number of rotatable bonds is 2. The fourth-order valence-electron chi connectivity index (χ4n) is 1.70. The molecule has 0 aliphatic carbocycles. The summed E-state index contributed by atoms with van der Waals surface area (Å²) in [6.07, 6.45) is 3.51. The van der Waals surface area contributed by atoms with E-state index in [0.29, 0.717) is 16.4 Å². The molecule has 6 heteroatoms. The van der Waals surface area contributed by atoms with Crippen molar-refractivity contribution in [1.82, 2.24) is 20.0 Å². The second-order valence-electron chi connectivity index (χ2n) is 3.97. The molecule has 0 saturated heterocycles. The van der Waals surface area contributed by atoms with E-state index in [-0.39, 0.29) is 0 Å². The highest BCUT2D eigenvalue weighted by Gasteiger charge is 2.07. The Kier molecular flexibility index (Phi) is 2.89. The molecule has 2 heterocycles. The molecular formula is C13H10ClN5. The van der Waals surface area contributed by atoms with Crippen LogP contribution in [-0.4, -0.2) is 20.0 Å². The van der Waals surface area contributed by atoms with E-state index < -0.39 is 0 Å². The van der Waals surface area contributed by atoms with Crippen molar-refractivity contribution in [2.24, 2.45) is 0 Å². The number of pyridine rings is 1. The van der Waals surface area contributed by atoms with E-state index in [1.807, 2.05) is 24.3 Å². The van der Waals surface area contributed by atoms with Crippen LogP contribution in [0, 0.1) is 0 Å². The summed E-state index contributed by atoms with van der Waals surface area (Å²) in [5.41, 5.74) is 8.56. The molecule has 3 rings (SSSR count). The minimum atomic E-state index is 0.508. The first-order chi connectivity index (χ1) is 9.24. The Morgan fingerprint density at radius 3 is 2.74 bits per heavy atom. The van der Waals surface area contributed by atoms with Crippen molar-refractivity contribution in [1.29, 1.82) is 0 Å². The van der Waals surface area contributed by atoms with E-state index in [9.17, 15) is 0 Å². The monoisotopic (exact) mass is 271 g/mol. The largest absolute Gasteiger partial charge is 0.397 e. The molecule has 2 N–H and O–H groups in total. The van der Waals surface area contributed by atoms with Crippen LogP contribution in [0.25, 0.3) is 17.1 Å². The number of nitrogen functional groups attached to an aromatic ring is 1. The van der Waals surface area contributed by atoms with Crippen LogP contribution < -0.4 is 5.73 Å². The molecule has 3 aromatic rings. The van der Waals surface area contributed by atoms with Gasteiger partial charge in [0.1, 0.15) is 5.69 Å². The molecule has 0 saturated carbocycles. The Morgan fingerprint density at radius 1 is 1.11 bits per heavy atom. The summed E-state index contributed by atoms with van der Waals surface area (Å²) >= 11 is 5.89. The molecule has 0 aliphatic heterocycles. The zero-order valence-electron chi connectivity index (χ0n) is 9.86. The third-order valence-corrected chi connectivity index (χ3v) is 3.01. The van der Waals surface area contributed by atoms with E-state index in [0.717, 1.165) is 11.4 Å². The fourth-order valence-corrected chi connectivity index (χ4v) is 1.81. The maximum absolute atomic E-state index is 5.89. The summed E-state index contributed by atoms with van der Waals surface area (Å²) < 4.78 is 1.64. The first-order valence-electron chi connectivity index (χ1n) is 5.63. The van der Waals surface area contributed by atoms with Crippen molar-refractivity contribution in [3.8, 4) is 17.1 Å². The minimum Gasteiger partial charge on any atom is -0.397 e. The van der Waals surface area contributed by atoms with Crippen LogP contribution in [0.4, 0.5) is 5.69 Å². The molecule has 0 amide bonds. The van der Waals surface area contributed by atoms with Crippen molar-refractivity contribution in [3.05, 3.63) is 53.8 Å². The summed E-state index contributed by atoms with van der Waals surface area (Å²) in [5.74, 6) is 0. The highest BCUT2D eigenvalue weighted by Crippen LogP contribution is 2.22. The lowest BCUT2D eigenvalue weighted by Gasteiger charge is -2.02. The third kappa shape index (κ3) is 2.28. The molecule has 94 valence electrons. The third-order valence-electron chi connectivity index (χ3n) is 2.66. The smallest absolute Gasteiger partial charge is 0.131 e. The van der Waals surface area contributed by atoms with Gasteiger partial charge in [-0.05, 0) is 30.3 Å². The van der Waals surface area contributed by atoms with Crippen LogP contribution in [0.3, 0.4) is 0 Å². The number of hydrogen-bond donors (Lipinski definition) is 1. The lowest BCUT2D eigenvalue weighted by atomic mass is 10.2. The van der Waals surface area contributed by atoms with E-state index >= 15 is 0 Å². The Hall–Kier alpha value is -2.40. The number of halogens is 1. The predicted molar refractivity (Wildman–Crippen MR) is 74.0 cm³/mol. The van der Waals surface area contributed by atoms with Crippen molar-refractivity contribution in [2.45, 2.75) is 0 Å². The highest BCUT2D eigenvalue weighted by molar-refractivity contribution is 6.33. The highest BCUT2D eigenvalue weighted by atomic mass is 35.5. The van der Waals surface area contributed by atoms with E-state index in [2.05, 4.69) is 15.3 Å². The maximum atomic E-state index is 5.89. The standard InChI is InChI=1S/C13H10ClN5/c14-10-5-4-9(7-11(10)15)19-8-13(17-18-19)12-3-1-2-6-16-12/h1-8H,15H2. The number of benzene rings is 1. The van der Waals surface area contributed by atoms with E-state index in [1.54, 1.807) is 29.2 Å². The molecular weight excluding hydrogens is 262 g/mol. The molecule has 0 atom stereocenters. The van der Waals surface area contributed by atoms with Crippen LogP contribution in [0.1, 0.15) is 0 Å². The molecule has 1 aromatic carbocycles. The van der Waals surface area contributed by atoms with Crippen molar-refractivity contribution in [3.63, 3.8) is 0 Å². The fraction of sp³-hybridized carbons (Fsp3) is 0. The summed E-state index contributed by atoms with van der Waals surface area (Å²) in [6, 6.07) is 10.9. The van der Waals surface area contributed by atoms with Gasteiger partial charge in [0, 0.05) is 6.20 Å². The van der Waals surface area contributed by atoms with Gasteiger partial charge in [0.25, 0.3) is 0 Å². The van der Waals surface area contributed by atoms with Crippen LogP contribution in [0.15, 0.2) is 48.8 Å². The van der Waals surface area contributed by atoms with Crippen molar-refractivity contribution < 1.29 is 0 Å². The van der Waals surface area contributed by atoms with Gasteiger partial charge >= 0.3 is 0 Å². The SMILES string of the molecule is Nc1cc(-n2cc(-c3ccccn3)nn2)ccc1Cl. The Morgan fingerprint density at radius 2 is 2.00 bits per heavy atom. The number of aromatic nitrogens is 4. The Bertz CT molecular complexity index is 708. The van der Waals surface area contributed by atoms with Crippen LogP contribution in [-0.2, 0) is 0 Å². The number of hydrogen-bond acceptors (Lipinski definition) is 4. The Labute approximate surface area is 114 Å². The molecule has 2 aromatic heterocycles. The molecule has 0 radical (unpaired) electrons. The van der Waals surface area contributed by atoms with Crippen LogP contribution in [0.5, 0.6) is 0 Å². The molecule has 0 aliphatic rings. The quantitative estimate of drug-likeness (QED) is 0.727. The van der Waals surface area contributed by atoms with Crippen molar-refractivity contribution in [2.75, 3.05) is 5.73 Å². The van der Waals surface area contributed by atoms with Gasteiger partial charge in [0.05, 0.1) is 28.3 Å². The molecule has 19 heavy (non-hydrogen) atoms. The van der Waals surface area contributed by atoms with Crippen LogP contribution >= 0.6 is 11.6 Å². The normalized spacial score (nSPS) is 10.6. The predicted octanol–water partition coefficient (Wildman–Crippen LogP) is 2.56. The lowest BCUT2D eigenvalue weighted by Crippen LogP contribution is -1.96. The molecule has 0 unspecified atom stereocenters. The first kappa shape index (κ1) is 11.7. The topological polar surface area (TPSA) is 69.6 Å². The second-order valence-corrected chi connectivity index (χ2v) is 4.38. The average Bonchev–Trinajstić information content (AvgIpc) is 2.93. The van der Waals surface area contributed by atoms with Crippen LogP contribution in [0.2, 0.25) is 5.02 Å².